The largest absolute Gasteiger partial charge is 0.324 e. The van der Waals surface area contributed by atoms with Gasteiger partial charge in [0.15, 0.2) is 0 Å². The number of nitrogens with one attached hydrogen (secondary N) is 1. The summed E-state index contributed by atoms with van der Waals surface area (Å²) in [6.45, 7) is 3.95. The Bertz CT molecular complexity index is 969. The number of non-ortho nitro benzene ring substituents is 1. The average Bonchev–Trinajstić information content (AvgIpc) is 3.06. The van der Waals surface area contributed by atoms with Gasteiger partial charge < -0.3 is 5.32 Å². The summed E-state index contributed by atoms with van der Waals surface area (Å²) in [5, 5.41) is 14.6. The van der Waals surface area contributed by atoms with E-state index in [9.17, 15) is 14.9 Å². The molecule has 0 saturated carbocycles. The Hall–Kier alpha value is -2.84. The molecular formula is C19H20N4O3S. The van der Waals surface area contributed by atoms with E-state index in [1.807, 2.05) is 43.1 Å². The van der Waals surface area contributed by atoms with Gasteiger partial charge in [0.25, 0.3) is 5.69 Å². The number of hydrogen-bond donors (Lipinski definition) is 1. The first kappa shape index (κ1) is 18.9. The molecule has 0 unspecified atom stereocenters. The molecule has 0 aliphatic carbocycles. The summed E-state index contributed by atoms with van der Waals surface area (Å²) in [5.74, 6) is -0.228. The molecular weight excluding hydrogens is 364 g/mol. The lowest BCUT2D eigenvalue weighted by Gasteiger charge is -2.22. The van der Waals surface area contributed by atoms with Gasteiger partial charge in [-0.05, 0) is 38.6 Å². The summed E-state index contributed by atoms with van der Waals surface area (Å²) in [4.78, 5) is 29.4. The van der Waals surface area contributed by atoms with Crippen LogP contribution in [0.3, 0.4) is 0 Å². The molecule has 0 aliphatic heterocycles. The maximum Gasteiger partial charge on any atom is 0.271 e. The molecule has 7 nitrogen and oxygen atoms in total. The lowest BCUT2D eigenvalue weighted by atomic mass is 10.2. The average molecular weight is 384 g/mol. The molecule has 1 atom stereocenters. The fourth-order valence-electron chi connectivity index (χ4n) is 2.67. The molecule has 0 aliphatic rings. The van der Waals surface area contributed by atoms with E-state index in [0.29, 0.717) is 5.69 Å². The van der Waals surface area contributed by atoms with Crippen LogP contribution in [0.2, 0.25) is 0 Å². The van der Waals surface area contributed by atoms with Crippen molar-refractivity contribution in [1.29, 1.82) is 0 Å². The second kappa shape index (κ2) is 7.81. The van der Waals surface area contributed by atoms with Crippen LogP contribution in [0.25, 0.3) is 10.2 Å². The van der Waals surface area contributed by atoms with E-state index in [-0.39, 0.29) is 24.2 Å². The monoisotopic (exact) mass is 384 g/mol. The van der Waals surface area contributed by atoms with Crippen molar-refractivity contribution in [2.75, 3.05) is 18.9 Å². The van der Waals surface area contributed by atoms with Crippen LogP contribution < -0.4 is 5.32 Å². The first-order valence-electron chi connectivity index (χ1n) is 8.45. The van der Waals surface area contributed by atoms with Gasteiger partial charge in [0, 0.05) is 12.1 Å². The van der Waals surface area contributed by atoms with Gasteiger partial charge in [-0.3, -0.25) is 19.8 Å². The number of nitrogens with zero attached hydrogens (tertiary/aromatic N) is 3. The molecule has 3 rings (SSSR count). The summed E-state index contributed by atoms with van der Waals surface area (Å²) < 4.78 is 1.12. The van der Waals surface area contributed by atoms with Crippen LogP contribution in [0, 0.1) is 17.0 Å². The fraction of sp³-hybridized carbons (Fsp3) is 0.263. The highest BCUT2D eigenvalue weighted by Crippen LogP contribution is 2.29. The minimum absolute atomic E-state index is 0.0284. The summed E-state index contributed by atoms with van der Waals surface area (Å²) in [5.41, 5.74) is 2.13. The molecule has 1 amide bonds. The number of rotatable bonds is 6. The SMILES string of the molecule is Cc1ccc([N+](=O)[O-])cc1NC(=O)CN(C)[C@@H](C)c1nc2ccccc2s1. The number of carbonyl (C=O) groups excluding carboxylic acids is 1. The number of nitro groups is 1. The number of para-hydroxylation sites is 1. The quantitative estimate of drug-likeness (QED) is 0.510. The maximum absolute atomic E-state index is 12.4. The van der Waals surface area contributed by atoms with E-state index in [2.05, 4.69) is 10.3 Å². The molecule has 0 bridgehead atoms. The number of hydrogen-bond acceptors (Lipinski definition) is 6. The maximum atomic E-state index is 12.4. The standard InChI is InChI=1S/C19H20N4O3S/c1-12-8-9-14(23(25)26)10-16(12)20-18(24)11-22(3)13(2)19-21-15-6-4-5-7-17(15)27-19/h4-10,13H,11H2,1-3H3,(H,20,24)/t13-/m0/s1. The Morgan fingerprint density at radius 3 is 2.78 bits per heavy atom. The summed E-state index contributed by atoms with van der Waals surface area (Å²) in [7, 11) is 1.86. The third kappa shape index (κ3) is 4.29. The molecule has 0 saturated heterocycles. The number of benzene rings is 2. The predicted octanol–water partition coefficient (Wildman–Crippen LogP) is 4.14. The van der Waals surface area contributed by atoms with Crippen LogP contribution in [-0.4, -0.2) is 34.3 Å². The van der Waals surface area contributed by atoms with E-state index in [1.165, 1.54) is 12.1 Å². The third-order valence-corrected chi connectivity index (χ3v) is 5.63. The smallest absolute Gasteiger partial charge is 0.271 e. The van der Waals surface area contributed by atoms with Gasteiger partial charge in [-0.15, -0.1) is 11.3 Å². The first-order valence-corrected chi connectivity index (χ1v) is 9.27. The Morgan fingerprint density at radius 1 is 1.33 bits per heavy atom. The topological polar surface area (TPSA) is 88.4 Å². The zero-order chi connectivity index (χ0) is 19.6. The Labute approximate surface area is 160 Å². The highest BCUT2D eigenvalue weighted by Gasteiger charge is 2.19. The van der Waals surface area contributed by atoms with Gasteiger partial charge in [0.1, 0.15) is 5.01 Å². The van der Waals surface area contributed by atoms with Crippen molar-refractivity contribution in [3.8, 4) is 0 Å². The number of aromatic nitrogens is 1. The van der Waals surface area contributed by atoms with Crippen LogP contribution in [0.15, 0.2) is 42.5 Å². The number of anilines is 1. The summed E-state index contributed by atoms with van der Waals surface area (Å²) in [6.07, 6.45) is 0. The van der Waals surface area contributed by atoms with Crippen LogP contribution >= 0.6 is 11.3 Å². The molecule has 3 aromatic rings. The molecule has 0 spiro atoms. The first-order chi connectivity index (χ1) is 12.8. The Balaban J connectivity index is 1.68. The van der Waals surface area contributed by atoms with Crippen LogP contribution in [0.1, 0.15) is 23.5 Å². The molecule has 140 valence electrons. The molecule has 1 N–H and O–H groups in total. The van der Waals surface area contributed by atoms with E-state index < -0.39 is 4.92 Å². The van der Waals surface area contributed by atoms with Crippen molar-refractivity contribution in [3.05, 3.63) is 63.1 Å². The zero-order valence-corrected chi connectivity index (χ0v) is 16.1. The number of carbonyl (C=O) groups is 1. The van der Waals surface area contributed by atoms with Crippen LogP contribution in [0.4, 0.5) is 11.4 Å². The molecule has 0 fully saturated rings. The lowest BCUT2D eigenvalue weighted by molar-refractivity contribution is -0.384. The summed E-state index contributed by atoms with van der Waals surface area (Å²) in [6, 6.07) is 12.3. The van der Waals surface area contributed by atoms with Crippen molar-refractivity contribution >= 4 is 38.8 Å². The van der Waals surface area contributed by atoms with Gasteiger partial charge in [-0.2, -0.15) is 0 Å². The van der Waals surface area contributed by atoms with E-state index in [0.717, 1.165) is 20.8 Å². The Morgan fingerprint density at radius 2 is 2.07 bits per heavy atom. The molecule has 1 aromatic heterocycles. The number of aryl methyl sites for hydroxylation is 1. The van der Waals surface area contributed by atoms with Crippen molar-refractivity contribution in [2.45, 2.75) is 19.9 Å². The third-order valence-electron chi connectivity index (χ3n) is 4.43. The van der Waals surface area contributed by atoms with E-state index in [4.69, 9.17) is 0 Å². The molecule has 2 aromatic carbocycles. The highest BCUT2D eigenvalue weighted by atomic mass is 32.1. The van der Waals surface area contributed by atoms with Crippen LogP contribution in [0.5, 0.6) is 0 Å². The number of amides is 1. The van der Waals surface area contributed by atoms with Gasteiger partial charge in [0.2, 0.25) is 5.91 Å². The fourth-order valence-corrected chi connectivity index (χ4v) is 3.75. The van der Waals surface area contributed by atoms with E-state index in [1.54, 1.807) is 24.3 Å². The minimum Gasteiger partial charge on any atom is -0.324 e. The van der Waals surface area contributed by atoms with Gasteiger partial charge in [-0.1, -0.05) is 18.2 Å². The highest BCUT2D eigenvalue weighted by molar-refractivity contribution is 7.18. The Kier molecular flexibility index (Phi) is 5.48. The molecule has 27 heavy (non-hydrogen) atoms. The van der Waals surface area contributed by atoms with Crippen molar-refractivity contribution < 1.29 is 9.72 Å². The normalized spacial score (nSPS) is 12.3. The number of nitro benzene ring substituents is 1. The molecule has 8 heteroatoms. The second-order valence-electron chi connectivity index (χ2n) is 6.42. The minimum atomic E-state index is -0.476. The predicted molar refractivity (Wildman–Crippen MR) is 107 cm³/mol. The number of fused-ring (bicyclic) bond motifs is 1. The van der Waals surface area contributed by atoms with Gasteiger partial charge in [0.05, 0.1) is 33.4 Å². The number of thiazole rings is 1. The second-order valence-corrected chi connectivity index (χ2v) is 7.48. The molecule has 1 heterocycles. The zero-order valence-electron chi connectivity index (χ0n) is 15.3. The van der Waals surface area contributed by atoms with Gasteiger partial charge >= 0.3 is 0 Å². The summed E-state index contributed by atoms with van der Waals surface area (Å²) >= 11 is 1.61. The van der Waals surface area contributed by atoms with E-state index >= 15 is 0 Å². The number of likely N-dealkylation sites (N-methyl/N-ethyl adjacent to an activating group) is 1. The van der Waals surface area contributed by atoms with Crippen molar-refractivity contribution in [2.24, 2.45) is 0 Å². The molecule has 0 radical (unpaired) electrons. The van der Waals surface area contributed by atoms with Crippen molar-refractivity contribution in [3.63, 3.8) is 0 Å². The van der Waals surface area contributed by atoms with Gasteiger partial charge in [-0.25, -0.2) is 4.98 Å². The van der Waals surface area contributed by atoms with Crippen LogP contribution in [-0.2, 0) is 4.79 Å². The lowest BCUT2D eigenvalue weighted by Crippen LogP contribution is -2.32. The van der Waals surface area contributed by atoms with Crippen molar-refractivity contribution in [1.82, 2.24) is 9.88 Å².